The Labute approximate surface area is 171 Å². The van der Waals surface area contributed by atoms with Gasteiger partial charge in [0.15, 0.2) is 0 Å². The SMILES string of the molecule is O=S1(=O)N=C(c2ccc(Br)cc2)c2ccc(OCCCCCCBr)cc21. The lowest BCUT2D eigenvalue weighted by molar-refractivity contribution is 0.304. The molecule has 0 spiro atoms. The minimum absolute atomic E-state index is 0.215. The maximum Gasteiger partial charge on any atom is 0.283 e. The minimum Gasteiger partial charge on any atom is -0.494 e. The van der Waals surface area contributed by atoms with Crippen molar-refractivity contribution in [1.82, 2.24) is 0 Å². The maximum absolute atomic E-state index is 12.4. The van der Waals surface area contributed by atoms with Crippen LogP contribution in [0.15, 0.2) is 56.2 Å². The zero-order valence-electron chi connectivity index (χ0n) is 14.1. The zero-order chi connectivity index (χ0) is 18.6. The van der Waals surface area contributed by atoms with Gasteiger partial charge < -0.3 is 4.74 Å². The van der Waals surface area contributed by atoms with Crippen LogP contribution >= 0.6 is 31.9 Å². The third kappa shape index (κ3) is 4.56. The summed E-state index contributed by atoms with van der Waals surface area (Å²) >= 11 is 6.80. The number of halogens is 2. The van der Waals surface area contributed by atoms with Crippen molar-refractivity contribution in [2.75, 3.05) is 11.9 Å². The lowest BCUT2D eigenvalue weighted by Gasteiger charge is -2.08. The highest BCUT2D eigenvalue weighted by Crippen LogP contribution is 2.32. The number of nitrogens with zero attached hydrogens (tertiary/aromatic N) is 1. The summed E-state index contributed by atoms with van der Waals surface area (Å²) in [5.74, 6) is 0.570. The lowest BCUT2D eigenvalue weighted by atomic mass is 10.0. The summed E-state index contributed by atoms with van der Waals surface area (Å²) < 4.78 is 35.5. The second-order valence-corrected chi connectivity index (χ2v) is 9.31. The van der Waals surface area contributed by atoms with Crippen molar-refractivity contribution in [3.63, 3.8) is 0 Å². The van der Waals surface area contributed by atoms with E-state index in [0.717, 1.165) is 41.0 Å². The fourth-order valence-electron chi connectivity index (χ4n) is 2.78. The molecule has 1 aliphatic heterocycles. The molecule has 0 saturated heterocycles. The Morgan fingerprint density at radius 2 is 1.69 bits per heavy atom. The van der Waals surface area contributed by atoms with Crippen LogP contribution in [0.1, 0.15) is 36.8 Å². The van der Waals surface area contributed by atoms with Crippen molar-refractivity contribution in [1.29, 1.82) is 0 Å². The third-order valence-corrected chi connectivity index (χ3v) is 6.52. The summed E-state index contributed by atoms with van der Waals surface area (Å²) in [6.45, 7) is 0.585. The van der Waals surface area contributed by atoms with E-state index < -0.39 is 10.0 Å². The molecule has 2 aromatic rings. The van der Waals surface area contributed by atoms with Crippen molar-refractivity contribution in [3.05, 3.63) is 58.1 Å². The monoisotopic (exact) mass is 499 g/mol. The van der Waals surface area contributed by atoms with Crippen LogP contribution in [-0.2, 0) is 10.0 Å². The van der Waals surface area contributed by atoms with Gasteiger partial charge in [0.25, 0.3) is 10.0 Å². The van der Waals surface area contributed by atoms with Gasteiger partial charge in [0.05, 0.1) is 12.3 Å². The van der Waals surface area contributed by atoms with Crippen LogP contribution in [0.2, 0.25) is 0 Å². The van der Waals surface area contributed by atoms with Crippen LogP contribution < -0.4 is 4.74 Å². The zero-order valence-corrected chi connectivity index (χ0v) is 18.1. The van der Waals surface area contributed by atoms with Gasteiger partial charge in [-0.25, -0.2) is 0 Å². The molecule has 0 unspecified atom stereocenters. The fraction of sp³-hybridized carbons (Fsp3) is 0.316. The van der Waals surface area contributed by atoms with E-state index >= 15 is 0 Å². The molecular formula is C19H19Br2NO3S. The average molecular weight is 501 g/mol. The minimum atomic E-state index is -3.69. The Hall–Kier alpha value is -1.18. The highest BCUT2D eigenvalue weighted by Gasteiger charge is 2.30. The molecule has 1 aliphatic rings. The summed E-state index contributed by atoms with van der Waals surface area (Å²) in [5, 5.41) is 1.03. The van der Waals surface area contributed by atoms with Crippen LogP contribution in [-0.4, -0.2) is 26.1 Å². The summed E-state index contributed by atoms with van der Waals surface area (Å²) in [7, 11) is -3.69. The second-order valence-electron chi connectivity index (χ2n) is 6.03. The van der Waals surface area contributed by atoms with Gasteiger partial charge >= 0.3 is 0 Å². The number of hydrogen-bond donors (Lipinski definition) is 0. The molecule has 3 rings (SSSR count). The number of benzene rings is 2. The van der Waals surface area contributed by atoms with E-state index in [0.29, 0.717) is 23.6 Å². The molecular weight excluding hydrogens is 482 g/mol. The van der Waals surface area contributed by atoms with Crippen molar-refractivity contribution in [2.45, 2.75) is 30.6 Å². The van der Waals surface area contributed by atoms with Gasteiger partial charge in [0, 0.05) is 27.0 Å². The van der Waals surface area contributed by atoms with E-state index in [1.807, 2.05) is 30.3 Å². The number of unbranched alkanes of at least 4 members (excludes halogenated alkanes) is 3. The Kier molecular flexibility index (Phi) is 6.53. The number of fused-ring (bicyclic) bond motifs is 1. The number of alkyl halides is 1. The summed E-state index contributed by atoms with van der Waals surface area (Å²) in [6.07, 6.45) is 4.38. The predicted molar refractivity (Wildman–Crippen MR) is 111 cm³/mol. The normalized spacial score (nSPS) is 14.8. The molecule has 0 fully saturated rings. The first kappa shape index (κ1) is 19.6. The molecule has 0 radical (unpaired) electrons. The molecule has 7 heteroatoms. The van der Waals surface area contributed by atoms with Gasteiger partial charge in [-0.15, -0.1) is 0 Å². The van der Waals surface area contributed by atoms with Crippen LogP contribution in [0.3, 0.4) is 0 Å². The molecule has 4 nitrogen and oxygen atoms in total. The average Bonchev–Trinajstić information content (AvgIpc) is 2.90. The molecule has 0 aliphatic carbocycles. The Balaban J connectivity index is 1.75. The molecule has 0 amide bonds. The number of hydrogen-bond acceptors (Lipinski definition) is 3. The largest absolute Gasteiger partial charge is 0.494 e. The molecule has 0 saturated carbocycles. The molecule has 138 valence electrons. The first-order valence-electron chi connectivity index (χ1n) is 8.45. The number of rotatable bonds is 8. The fourth-order valence-corrected chi connectivity index (χ4v) is 4.69. The van der Waals surface area contributed by atoms with Crippen LogP contribution in [0, 0.1) is 0 Å². The van der Waals surface area contributed by atoms with E-state index in [4.69, 9.17) is 4.74 Å². The predicted octanol–water partition coefficient (Wildman–Crippen LogP) is 5.32. The maximum atomic E-state index is 12.4. The first-order chi connectivity index (χ1) is 12.5. The quantitative estimate of drug-likeness (QED) is 0.364. The number of ether oxygens (including phenoxy) is 1. The Morgan fingerprint density at radius 3 is 2.42 bits per heavy atom. The smallest absolute Gasteiger partial charge is 0.283 e. The molecule has 2 aromatic carbocycles. The molecule has 0 bridgehead atoms. The van der Waals surface area contributed by atoms with Crippen LogP contribution in [0.4, 0.5) is 0 Å². The van der Waals surface area contributed by atoms with Gasteiger partial charge in [-0.1, -0.05) is 56.8 Å². The van der Waals surface area contributed by atoms with Gasteiger partial charge in [0.2, 0.25) is 0 Å². The lowest BCUT2D eigenvalue weighted by Crippen LogP contribution is -2.02. The third-order valence-electron chi connectivity index (χ3n) is 4.11. The molecule has 0 aromatic heterocycles. The topological polar surface area (TPSA) is 55.7 Å². The second kappa shape index (κ2) is 8.67. The standard InChI is InChI=1S/C19H19Br2NO3S/c20-11-3-1-2-4-12-25-16-9-10-17-18(13-16)26(23,24)22-19(17)14-5-7-15(21)8-6-14/h5-10,13H,1-4,11-12H2. The Morgan fingerprint density at radius 1 is 0.962 bits per heavy atom. The van der Waals surface area contributed by atoms with E-state index in [9.17, 15) is 8.42 Å². The summed E-state index contributed by atoms with van der Waals surface area (Å²) in [6, 6.07) is 12.6. The summed E-state index contributed by atoms with van der Waals surface area (Å²) in [4.78, 5) is 0.215. The van der Waals surface area contributed by atoms with E-state index in [2.05, 4.69) is 36.3 Å². The van der Waals surface area contributed by atoms with Crippen molar-refractivity contribution in [3.8, 4) is 5.75 Å². The van der Waals surface area contributed by atoms with Crippen LogP contribution in [0.5, 0.6) is 5.75 Å². The van der Waals surface area contributed by atoms with E-state index in [-0.39, 0.29) is 4.90 Å². The van der Waals surface area contributed by atoms with Crippen LogP contribution in [0.25, 0.3) is 0 Å². The van der Waals surface area contributed by atoms with Crippen molar-refractivity contribution < 1.29 is 13.2 Å². The van der Waals surface area contributed by atoms with Crippen molar-refractivity contribution in [2.24, 2.45) is 4.40 Å². The van der Waals surface area contributed by atoms with E-state index in [1.54, 1.807) is 12.1 Å². The molecule has 0 N–H and O–H groups in total. The molecule has 26 heavy (non-hydrogen) atoms. The first-order valence-corrected chi connectivity index (χ1v) is 11.8. The van der Waals surface area contributed by atoms with Gasteiger partial charge in [-0.3, -0.25) is 0 Å². The van der Waals surface area contributed by atoms with Gasteiger partial charge in [-0.2, -0.15) is 12.8 Å². The highest BCUT2D eigenvalue weighted by atomic mass is 79.9. The summed E-state index contributed by atoms with van der Waals surface area (Å²) in [5.41, 5.74) is 1.88. The molecule has 0 atom stereocenters. The molecule has 1 heterocycles. The number of sulfonamides is 1. The van der Waals surface area contributed by atoms with Gasteiger partial charge in [-0.05, 0) is 37.1 Å². The highest BCUT2D eigenvalue weighted by molar-refractivity contribution is 9.10. The van der Waals surface area contributed by atoms with Crippen molar-refractivity contribution >= 4 is 47.6 Å². The van der Waals surface area contributed by atoms with E-state index in [1.165, 1.54) is 0 Å². The Bertz CT molecular complexity index is 909. The van der Waals surface area contributed by atoms with Gasteiger partial charge in [0.1, 0.15) is 10.6 Å².